The number of nitrogens with one attached hydrogen (secondary N) is 3. The highest BCUT2D eigenvalue weighted by molar-refractivity contribution is 6.13. The van der Waals surface area contributed by atoms with Crippen LogP contribution in [0.5, 0.6) is 0 Å². The number of pyridine rings is 2. The molecule has 2 amide bonds. The molecule has 1 aliphatic heterocycles. The van der Waals surface area contributed by atoms with Crippen molar-refractivity contribution in [3.8, 4) is 0 Å². The molecule has 1 atom stereocenters. The standard InChI is InChI=1S/C20H27N7O/c1-3-27-7-5-14(12-27)10-25-20(28)26-18-9-17(21)16(11-24-18)19(22)15-4-6-23-13(2)8-15/h4,6,8-9,11,14,22H,3,5,7,10,12H2,1-2H3,(H4,21,24,25,26,28). The maximum atomic E-state index is 12.1. The van der Waals surface area contributed by atoms with E-state index in [0.29, 0.717) is 29.5 Å². The van der Waals surface area contributed by atoms with Crippen LogP contribution in [-0.2, 0) is 0 Å². The molecular weight excluding hydrogens is 354 g/mol. The van der Waals surface area contributed by atoms with Gasteiger partial charge >= 0.3 is 6.03 Å². The molecule has 1 aliphatic rings. The number of carbonyl (C=O) groups is 1. The molecule has 5 N–H and O–H groups in total. The maximum absolute atomic E-state index is 12.1. The molecule has 8 heteroatoms. The lowest BCUT2D eigenvalue weighted by Gasteiger charge is -2.14. The lowest BCUT2D eigenvalue weighted by molar-refractivity contribution is 0.249. The van der Waals surface area contributed by atoms with Gasteiger partial charge in [-0.2, -0.15) is 0 Å². The zero-order chi connectivity index (χ0) is 20.1. The predicted molar refractivity (Wildman–Crippen MR) is 111 cm³/mol. The summed E-state index contributed by atoms with van der Waals surface area (Å²) >= 11 is 0. The minimum Gasteiger partial charge on any atom is -0.398 e. The third-order valence-electron chi connectivity index (χ3n) is 5.00. The number of nitrogens with two attached hydrogens (primary N) is 1. The first-order valence-electron chi connectivity index (χ1n) is 9.51. The van der Waals surface area contributed by atoms with E-state index in [1.54, 1.807) is 18.3 Å². The van der Waals surface area contributed by atoms with Crippen LogP contribution in [0.25, 0.3) is 0 Å². The van der Waals surface area contributed by atoms with E-state index in [0.717, 1.165) is 37.3 Å². The van der Waals surface area contributed by atoms with Gasteiger partial charge in [-0.05, 0) is 44.5 Å². The third kappa shape index (κ3) is 4.83. The largest absolute Gasteiger partial charge is 0.398 e. The Kier molecular flexibility index (Phi) is 6.20. The van der Waals surface area contributed by atoms with E-state index in [4.69, 9.17) is 11.1 Å². The number of anilines is 2. The molecule has 0 radical (unpaired) electrons. The predicted octanol–water partition coefficient (Wildman–Crippen LogP) is 2.25. The zero-order valence-electron chi connectivity index (χ0n) is 16.3. The van der Waals surface area contributed by atoms with E-state index >= 15 is 0 Å². The van der Waals surface area contributed by atoms with Gasteiger partial charge in [0.15, 0.2) is 0 Å². The lowest BCUT2D eigenvalue weighted by Crippen LogP contribution is -2.34. The number of rotatable bonds is 6. The van der Waals surface area contributed by atoms with Gasteiger partial charge in [-0.3, -0.25) is 15.7 Å². The number of hydrogen-bond donors (Lipinski definition) is 4. The third-order valence-corrected chi connectivity index (χ3v) is 5.00. The fourth-order valence-corrected chi connectivity index (χ4v) is 3.37. The van der Waals surface area contributed by atoms with Gasteiger partial charge in [-0.1, -0.05) is 6.92 Å². The molecule has 3 rings (SSSR count). The Labute approximate surface area is 165 Å². The number of aryl methyl sites for hydroxylation is 1. The van der Waals surface area contributed by atoms with Crippen LogP contribution in [0.3, 0.4) is 0 Å². The summed E-state index contributed by atoms with van der Waals surface area (Å²) in [5.74, 6) is 0.842. The minimum absolute atomic E-state index is 0.271. The number of likely N-dealkylation sites (tertiary alicyclic amines) is 1. The number of aromatic nitrogens is 2. The molecule has 1 saturated heterocycles. The molecule has 0 aromatic carbocycles. The van der Waals surface area contributed by atoms with Crippen molar-refractivity contribution in [3.05, 3.63) is 47.4 Å². The molecule has 3 heterocycles. The summed E-state index contributed by atoms with van der Waals surface area (Å²) in [5.41, 5.74) is 8.83. The van der Waals surface area contributed by atoms with Crippen molar-refractivity contribution in [2.24, 2.45) is 5.92 Å². The summed E-state index contributed by atoms with van der Waals surface area (Å²) in [7, 11) is 0. The fourth-order valence-electron chi connectivity index (χ4n) is 3.37. The average Bonchev–Trinajstić information content (AvgIpc) is 3.14. The first-order valence-corrected chi connectivity index (χ1v) is 9.51. The zero-order valence-corrected chi connectivity index (χ0v) is 16.3. The number of nitrogens with zero attached hydrogens (tertiary/aromatic N) is 3. The highest BCUT2D eigenvalue weighted by atomic mass is 16.2. The second kappa shape index (κ2) is 8.79. The minimum atomic E-state index is -0.297. The Bertz CT molecular complexity index is 867. The van der Waals surface area contributed by atoms with Crippen LogP contribution >= 0.6 is 0 Å². The van der Waals surface area contributed by atoms with Gasteiger partial charge in [0.25, 0.3) is 0 Å². The van der Waals surface area contributed by atoms with Gasteiger partial charge in [-0.15, -0.1) is 0 Å². The summed E-state index contributed by atoms with van der Waals surface area (Å²) in [6.45, 7) is 7.82. The molecule has 28 heavy (non-hydrogen) atoms. The first kappa shape index (κ1) is 19.8. The molecule has 0 spiro atoms. The number of carbonyl (C=O) groups excluding carboxylic acids is 1. The Balaban J connectivity index is 1.58. The molecule has 1 fully saturated rings. The van der Waals surface area contributed by atoms with Crippen molar-refractivity contribution in [1.82, 2.24) is 20.2 Å². The van der Waals surface area contributed by atoms with Gasteiger partial charge in [0.05, 0.1) is 5.71 Å². The molecule has 0 saturated carbocycles. The van der Waals surface area contributed by atoms with Gasteiger partial charge in [0, 0.05) is 54.1 Å². The molecule has 2 aromatic heterocycles. The summed E-state index contributed by atoms with van der Waals surface area (Å²) in [4.78, 5) is 22.9. The molecule has 148 valence electrons. The summed E-state index contributed by atoms with van der Waals surface area (Å²) < 4.78 is 0. The molecule has 0 bridgehead atoms. The van der Waals surface area contributed by atoms with Gasteiger partial charge in [0.2, 0.25) is 0 Å². The van der Waals surface area contributed by atoms with E-state index in [1.807, 2.05) is 13.0 Å². The fraction of sp³-hybridized carbons (Fsp3) is 0.400. The maximum Gasteiger partial charge on any atom is 0.320 e. The van der Waals surface area contributed by atoms with Crippen molar-refractivity contribution < 1.29 is 4.79 Å². The van der Waals surface area contributed by atoms with Crippen LogP contribution in [0.15, 0.2) is 30.6 Å². The molecule has 0 aliphatic carbocycles. The van der Waals surface area contributed by atoms with Gasteiger partial charge < -0.3 is 16.0 Å². The molecule has 1 unspecified atom stereocenters. The van der Waals surface area contributed by atoms with Crippen LogP contribution in [-0.4, -0.2) is 52.8 Å². The Hall–Kier alpha value is -3.00. The van der Waals surface area contributed by atoms with Crippen LogP contribution in [0.4, 0.5) is 16.3 Å². The summed E-state index contributed by atoms with van der Waals surface area (Å²) in [6, 6.07) is 4.86. The Morgan fingerprint density at radius 3 is 2.89 bits per heavy atom. The van der Waals surface area contributed by atoms with E-state index in [2.05, 4.69) is 32.4 Å². The van der Waals surface area contributed by atoms with E-state index in [1.165, 1.54) is 6.20 Å². The van der Waals surface area contributed by atoms with Crippen molar-refractivity contribution in [2.75, 3.05) is 37.2 Å². The Morgan fingerprint density at radius 1 is 1.39 bits per heavy atom. The SMILES string of the molecule is CCN1CCC(CNC(=O)Nc2cc(N)c(C(=N)c3ccnc(C)c3)cn2)C1. The number of nitrogen functional groups attached to an aromatic ring is 1. The van der Waals surface area contributed by atoms with E-state index < -0.39 is 0 Å². The highest BCUT2D eigenvalue weighted by Gasteiger charge is 2.21. The van der Waals surface area contributed by atoms with Gasteiger partial charge in [-0.25, -0.2) is 9.78 Å². The molecule has 2 aromatic rings. The number of hydrogen-bond acceptors (Lipinski definition) is 6. The molecule has 8 nitrogen and oxygen atoms in total. The van der Waals surface area contributed by atoms with E-state index in [9.17, 15) is 4.79 Å². The number of urea groups is 1. The van der Waals surface area contributed by atoms with E-state index in [-0.39, 0.29) is 11.7 Å². The average molecular weight is 381 g/mol. The van der Waals surface area contributed by atoms with Crippen LogP contribution in [0.1, 0.15) is 30.2 Å². The monoisotopic (exact) mass is 381 g/mol. The molecular formula is C20H27N7O. The van der Waals surface area contributed by atoms with Crippen molar-refractivity contribution in [3.63, 3.8) is 0 Å². The van der Waals surface area contributed by atoms with Crippen LogP contribution < -0.4 is 16.4 Å². The quantitative estimate of drug-likeness (QED) is 0.572. The lowest BCUT2D eigenvalue weighted by atomic mass is 10.0. The summed E-state index contributed by atoms with van der Waals surface area (Å²) in [5, 5.41) is 14.0. The first-order chi connectivity index (χ1) is 13.5. The topological polar surface area (TPSA) is 120 Å². The van der Waals surface area contributed by atoms with Crippen LogP contribution in [0, 0.1) is 18.3 Å². The van der Waals surface area contributed by atoms with Crippen molar-refractivity contribution >= 4 is 23.2 Å². The van der Waals surface area contributed by atoms with Crippen molar-refractivity contribution in [1.29, 1.82) is 5.41 Å². The summed E-state index contributed by atoms with van der Waals surface area (Å²) in [6.07, 6.45) is 4.27. The Morgan fingerprint density at radius 2 is 2.21 bits per heavy atom. The highest BCUT2D eigenvalue weighted by Crippen LogP contribution is 2.19. The van der Waals surface area contributed by atoms with Crippen LogP contribution in [0.2, 0.25) is 0 Å². The normalized spacial score (nSPS) is 16.7. The van der Waals surface area contributed by atoms with Crippen molar-refractivity contribution in [2.45, 2.75) is 20.3 Å². The smallest absolute Gasteiger partial charge is 0.320 e. The second-order valence-electron chi connectivity index (χ2n) is 7.10. The van der Waals surface area contributed by atoms with Gasteiger partial charge in [0.1, 0.15) is 5.82 Å². The second-order valence-corrected chi connectivity index (χ2v) is 7.10. The number of amides is 2.